The predicted octanol–water partition coefficient (Wildman–Crippen LogP) is 4.34. The van der Waals surface area contributed by atoms with Gasteiger partial charge >= 0.3 is 17.9 Å². The number of benzene rings is 2. The lowest BCUT2D eigenvalue weighted by Crippen LogP contribution is -2.34. The van der Waals surface area contributed by atoms with Crippen molar-refractivity contribution in [2.45, 2.75) is 63.6 Å². The van der Waals surface area contributed by atoms with E-state index in [1.54, 1.807) is 30.6 Å². The van der Waals surface area contributed by atoms with Gasteiger partial charge < -0.3 is 14.2 Å². The zero-order valence-corrected chi connectivity index (χ0v) is 19.7. The molecule has 0 N–H and O–H groups in total. The van der Waals surface area contributed by atoms with Crippen LogP contribution in [0.1, 0.15) is 67.3 Å². The lowest BCUT2D eigenvalue weighted by Gasteiger charge is -2.32. The van der Waals surface area contributed by atoms with E-state index in [-0.39, 0.29) is 46.7 Å². The van der Waals surface area contributed by atoms with E-state index < -0.39 is 23.4 Å². The average Bonchev–Trinajstić information content (AvgIpc) is 2.89. The fourth-order valence-corrected chi connectivity index (χ4v) is 5.45. The van der Waals surface area contributed by atoms with Crippen molar-refractivity contribution in [1.29, 1.82) is 0 Å². The SMILES string of the molecule is [O]C(=O)c1c([C]=O)cc2c(-c3ccccc3)c1OC(=O)[C@H]1CC[C@@H](CC1)C(=O)O[C@H]1CC[C@@H](CC1)O2. The Kier molecular flexibility index (Phi) is 6.76. The maximum Gasteiger partial charge on any atom is 0.390 e. The summed E-state index contributed by atoms with van der Waals surface area (Å²) in [4.78, 5) is 49.9. The van der Waals surface area contributed by atoms with Gasteiger partial charge in [-0.05, 0) is 63.0 Å². The van der Waals surface area contributed by atoms with Crippen LogP contribution < -0.4 is 9.47 Å². The second-order valence-corrected chi connectivity index (χ2v) is 9.68. The van der Waals surface area contributed by atoms with Crippen LogP contribution in [-0.4, -0.2) is 36.4 Å². The van der Waals surface area contributed by atoms with Crippen molar-refractivity contribution in [3.8, 4) is 22.6 Å². The van der Waals surface area contributed by atoms with Crippen LogP contribution in [-0.2, 0) is 24.2 Å². The van der Waals surface area contributed by atoms with Crippen LogP contribution in [0, 0.1) is 11.8 Å². The fraction of sp³-hybridized carbons (Fsp3) is 0.429. The van der Waals surface area contributed by atoms with E-state index in [1.807, 2.05) is 6.07 Å². The summed E-state index contributed by atoms with van der Waals surface area (Å²) in [6.45, 7) is 0. The molecular formula is C28H26O8. The van der Waals surface area contributed by atoms with Crippen LogP contribution in [0.5, 0.6) is 11.5 Å². The smallest absolute Gasteiger partial charge is 0.390 e. The maximum atomic E-state index is 13.2. The van der Waals surface area contributed by atoms with Crippen molar-refractivity contribution in [1.82, 2.24) is 0 Å². The second kappa shape index (κ2) is 10.1. The first-order valence-corrected chi connectivity index (χ1v) is 12.4. The Labute approximate surface area is 208 Å². The third kappa shape index (κ3) is 4.72. The molecule has 0 unspecified atom stereocenters. The highest BCUT2D eigenvalue weighted by Crippen LogP contribution is 2.45. The number of esters is 2. The maximum absolute atomic E-state index is 13.2. The molecule has 36 heavy (non-hydrogen) atoms. The first-order valence-electron chi connectivity index (χ1n) is 12.4. The van der Waals surface area contributed by atoms with Gasteiger partial charge in [0.15, 0.2) is 5.75 Å². The molecule has 0 amide bonds. The van der Waals surface area contributed by atoms with E-state index in [1.165, 1.54) is 6.07 Å². The molecule has 0 atom stereocenters. The van der Waals surface area contributed by atoms with Gasteiger partial charge in [0.1, 0.15) is 17.4 Å². The molecule has 2 aliphatic carbocycles. The van der Waals surface area contributed by atoms with Crippen molar-refractivity contribution in [2.24, 2.45) is 11.8 Å². The molecule has 4 aliphatic heterocycles. The molecule has 8 rings (SSSR count). The van der Waals surface area contributed by atoms with E-state index in [4.69, 9.17) is 14.2 Å². The van der Waals surface area contributed by atoms with Crippen LogP contribution in [0.2, 0.25) is 0 Å². The molecule has 8 nitrogen and oxygen atoms in total. The highest BCUT2D eigenvalue weighted by atomic mass is 16.5. The zero-order chi connectivity index (χ0) is 25.2. The first-order chi connectivity index (χ1) is 17.4. The molecule has 2 fully saturated rings. The molecule has 0 saturated heterocycles. The van der Waals surface area contributed by atoms with Crippen molar-refractivity contribution in [3.05, 3.63) is 47.5 Å². The Balaban J connectivity index is 1.67. The number of carbonyl (C=O) groups is 3. The third-order valence-corrected chi connectivity index (χ3v) is 7.42. The van der Waals surface area contributed by atoms with E-state index in [9.17, 15) is 24.3 Å². The number of ether oxygens (including phenoxy) is 3. The first kappa shape index (κ1) is 24.0. The number of carbonyl (C=O) groups excluding carboxylic acids is 4. The van der Waals surface area contributed by atoms with Crippen LogP contribution in [0.25, 0.3) is 11.1 Å². The van der Waals surface area contributed by atoms with Crippen LogP contribution in [0.15, 0.2) is 36.4 Å². The van der Waals surface area contributed by atoms with Crippen molar-refractivity contribution in [3.63, 3.8) is 0 Å². The Bertz CT molecular complexity index is 1170. The second-order valence-electron chi connectivity index (χ2n) is 9.68. The molecule has 0 aromatic heterocycles. The Hall–Kier alpha value is -3.68. The van der Waals surface area contributed by atoms with Gasteiger partial charge in [-0.1, -0.05) is 30.3 Å². The van der Waals surface area contributed by atoms with Gasteiger partial charge in [0.05, 0.1) is 23.5 Å². The topological polar surface area (TPSA) is 116 Å². The van der Waals surface area contributed by atoms with Gasteiger partial charge in [-0.2, -0.15) is 0 Å². The van der Waals surface area contributed by atoms with Gasteiger partial charge in [-0.15, -0.1) is 0 Å². The molecule has 2 saturated carbocycles. The molecule has 4 heterocycles. The molecule has 8 heteroatoms. The van der Waals surface area contributed by atoms with Crippen molar-refractivity contribution >= 4 is 24.2 Å². The summed E-state index contributed by atoms with van der Waals surface area (Å²) < 4.78 is 17.9. The summed E-state index contributed by atoms with van der Waals surface area (Å²) in [5.74, 6) is -3.34. The minimum atomic E-state index is -1.65. The number of hydrogen-bond acceptors (Lipinski definition) is 7. The molecule has 0 spiro atoms. The summed E-state index contributed by atoms with van der Waals surface area (Å²) >= 11 is 0. The normalized spacial score (nSPS) is 26.0. The summed E-state index contributed by atoms with van der Waals surface area (Å²) in [5.41, 5.74) is 0.00531. The van der Waals surface area contributed by atoms with Crippen LogP contribution in [0.3, 0.4) is 0 Å². The van der Waals surface area contributed by atoms with E-state index in [2.05, 4.69) is 0 Å². The van der Waals surface area contributed by atoms with E-state index in [0.717, 1.165) is 0 Å². The standard InChI is InChI=1S/C28H26O8/c29-15-19-14-22-23(16-4-2-1-3-5-16)25(24(19)26(30)31)36-28(33)18-8-6-17(7-9-18)27(32)35-21-12-10-20(34-22)11-13-21/h1-5,14,17-18,20-21H,6-13H2/t17-,18-,20-,21-. The summed E-state index contributed by atoms with van der Waals surface area (Å²) in [6, 6.07) is 10.2. The monoisotopic (exact) mass is 490 g/mol. The minimum absolute atomic E-state index is 0.184. The van der Waals surface area contributed by atoms with Gasteiger partial charge in [0.25, 0.3) is 0 Å². The van der Waals surface area contributed by atoms with Crippen LogP contribution >= 0.6 is 0 Å². The Morgan fingerprint density at radius 3 is 1.97 bits per heavy atom. The quantitative estimate of drug-likeness (QED) is 0.464. The predicted molar refractivity (Wildman–Crippen MR) is 126 cm³/mol. The molecule has 2 aromatic rings. The van der Waals surface area contributed by atoms with E-state index >= 15 is 0 Å². The molecule has 6 bridgehead atoms. The lowest BCUT2D eigenvalue weighted by atomic mass is 9.82. The zero-order valence-electron chi connectivity index (χ0n) is 19.7. The Morgan fingerprint density at radius 1 is 0.806 bits per heavy atom. The number of rotatable bonds is 3. The summed E-state index contributed by atoms with van der Waals surface area (Å²) in [6.07, 6.45) is 5.50. The third-order valence-electron chi connectivity index (χ3n) is 7.42. The molecule has 2 radical (unpaired) electrons. The summed E-state index contributed by atoms with van der Waals surface area (Å²) in [5, 5.41) is 12.2. The van der Waals surface area contributed by atoms with Crippen molar-refractivity contribution in [2.75, 3.05) is 0 Å². The molecule has 2 aromatic carbocycles. The number of hydrogen-bond donors (Lipinski definition) is 0. The molecule has 6 aliphatic rings. The van der Waals surface area contributed by atoms with E-state index in [0.29, 0.717) is 56.9 Å². The average molecular weight is 491 g/mol. The lowest BCUT2D eigenvalue weighted by molar-refractivity contribution is -0.159. The van der Waals surface area contributed by atoms with Gasteiger partial charge in [0, 0.05) is 5.56 Å². The molecule has 186 valence electrons. The highest BCUT2D eigenvalue weighted by molar-refractivity contribution is 6.04. The summed E-state index contributed by atoms with van der Waals surface area (Å²) in [7, 11) is 0. The van der Waals surface area contributed by atoms with Crippen LogP contribution in [0.4, 0.5) is 0 Å². The fourth-order valence-electron chi connectivity index (χ4n) is 5.45. The molecular weight excluding hydrogens is 464 g/mol. The Morgan fingerprint density at radius 2 is 1.39 bits per heavy atom. The van der Waals surface area contributed by atoms with Gasteiger partial charge in [0.2, 0.25) is 6.29 Å². The highest BCUT2D eigenvalue weighted by Gasteiger charge is 2.37. The minimum Gasteiger partial charge on any atom is -0.490 e. The van der Waals surface area contributed by atoms with Gasteiger partial charge in [-0.3, -0.25) is 14.4 Å². The largest absolute Gasteiger partial charge is 0.490 e. The van der Waals surface area contributed by atoms with Crippen molar-refractivity contribution < 1.29 is 38.5 Å². The van der Waals surface area contributed by atoms with Gasteiger partial charge in [-0.25, -0.2) is 9.90 Å².